The Morgan fingerprint density at radius 3 is 2.70 bits per heavy atom. The molecule has 0 saturated heterocycles. The summed E-state index contributed by atoms with van der Waals surface area (Å²) in [5, 5.41) is 0. The van der Waals surface area contributed by atoms with Crippen LogP contribution in [0.25, 0.3) is 11.3 Å². The van der Waals surface area contributed by atoms with Crippen LogP contribution in [0.1, 0.15) is 26.1 Å². The molecular formula is C15H20BrN3O. The maximum absolute atomic E-state index is 6.28. The SMILES string of the molecule is CCCc1nc(-c2cc(Br)ccc2OC)c(N)n1CC. The van der Waals surface area contributed by atoms with E-state index in [-0.39, 0.29) is 0 Å². The molecule has 5 heteroatoms. The predicted octanol–water partition coefficient (Wildman–Crippen LogP) is 3.88. The normalized spacial score (nSPS) is 10.8. The zero-order valence-corrected chi connectivity index (χ0v) is 13.7. The lowest BCUT2D eigenvalue weighted by Crippen LogP contribution is -2.05. The molecule has 0 radical (unpaired) electrons. The number of halogens is 1. The van der Waals surface area contributed by atoms with E-state index < -0.39 is 0 Å². The van der Waals surface area contributed by atoms with Gasteiger partial charge in [0, 0.05) is 23.0 Å². The minimum absolute atomic E-state index is 0.701. The molecule has 4 nitrogen and oxygen atoms in total. The number of nitrogens with zero attached hydrogens (tertiary/aromatic N) is 2. The fourth-order valence-electron chi connectivity index (χ4n) is 2.34. The summed E-state index contributed by atoms with van der Waals surface area (Å²) in [5.41, 5.74) is 8.00. The van der Waals surface area contributed by atoms with Crippen molar-refractivity contribution in [1.82, 2.24) is 9.55 Å². The van der Waals surface area contributed by atoms with Crippen LogP contribution in [-0.4, -0.2) is 16.7 Å². The van der Waals surface area contributed by atoms with E-state index in [0.717, 1.165) is 46.7 Å². The lowest BCUT2D eigenvalue weighted by atomic mass is 10.1. The molecule has 0 spiro atoms. The van der Waals surface area contributed by atoms with E-state index in [1.54, 1.807) is 7.11 Å². The van der Waals surface area contributed by atoms with Crippen molar-refractivity contribution in [2.24, 2.45) is 0 Å². The van der Waals surface area contributed by atoms with Gasteiger partial charge in [-0.25, -0.2) is 4.98 Å². The number of aryl methyl sites for hydroxylation is 1. The summed E-state index contributed by atoms with van der Waals surface area (Å²) in [4.78, 5) is 4.73. The van der Waals surface area contributed by atoms with Crippen LogP contribution in [-0.2, 0) is 13.0 Å². The smallest absolute Gasteiger partial charge is 0.131 e. The van der Waals surface area contributed by atoms with E-state index in [1.807, 2.05) is 18.2 Å². The number of nitrogens with two attached hydrogens (primary N) is 1. The molecule has 108 valence electrons. The van der Waals surface area contributed by atoms with Gasteiger partial charge in [-0.3, -0.25) is 0 Å². The molecule has 0 unspecified atom stereocenters. The second-order valence-electron chi connectivity index (χ2n) is 4.60. The van der Waals surface area contributed by atoms with Gasteiger partial charge >= 0.3 is 0 Å². The number of hydrogen-bond acceptors (Lipinski definition) is 3. The average Bonchev–Trinajstić information content (AvgIpc) is 2.75. The number of hydrogen-bond donors (Lipinski definition) is 1. The average molecular weight is 338 g/mol. The first-order valence-electron chi connectivity index (χ1n) is 6.81. The van der Waals surface area contributed by atoms with Crippen molar-refractivity contribution in [3.63, 3.8) is 0 Å². The Hall–Kier alpha value is -1.49. The number of aromatic nitrogens is 2. The Balaban J connectivity index is 2.60. The molecule has 1 heterocycles. The molecule has 2 rings (SSSR count). The number of anilines is 1. The third-order valence-corrected chi connectivity index (χ3v) is 3.79. The van der Waals surface area contributed by atoms with Crippen molar-refractivity contribution in [2.45, 2.75) is 33.2 Å². The second-order valence-corrected chi connectivity index (χ2v) is 5.52. The van der Waals surface area contributed by atoms with Crippen LogP contribution < -0.4 is 10.5 Å². The maximum Gasteiger partial charge on any atom is 0.131 e. The molecule has 0 fully saturated rings. The van der Waals surface area contributed by atoms with Gasteiger partial charge in [-0.2, -0.15) is 0 Å². The number of rotatable bonds is 5. The zero-order valence-electron chi connectivity index (χ0n) is 12.1. The molecule has 1 aromatic heterocycles. The molecule has 0 amide bonds. The van der Waals surface area contributed by atoms with Crippen LogP contribution in [0.4, 0.5) is 5.82 Å². The van der Waals surface area contributed by atoms with Gasteiger partial charge in [-0.05, 0) is 31.5 Å². The second kappa shape index (κ2) is 6.31. The maximum atomic E-state index is 6.28. The molecule has 20 heavy (non-hydrogen) atoms. The Morgan fingerprint density at radius 1 is 1.35 bits per heavy atom. The highest BCUT2D eigenvalue weighted by Gasteiger charge is 2.18. The summed E-state index contributed by atoms with van der Waals surface area (Å²) >= 11 is 3.49. The van der Waals surface area contributed by atoms with Crippen LogP contribution in [0, 0.1) is 0 Å². The Labute approximate surface area is 128 Å². The molecule has 2 N–H and O–H groups in total. The van der Waals surface area contributed by atoms with Gasteiger partial charge in [-0.1, -0.05) is 22.9 Å². The van der Waals surface area contributed by atoms with Crippen molar-refractivity contribution in [1.29, 1.82) is 0 Å². The van der Waals surface area contributed by atoms with Gasteiger partial charge in [0.25, 0.3) is 0 Å². The summed E-state index contributed by atoms with van der Waals surface area (Å²) in [5.74, 6) is 2.51. The number of nitrogen functional groups attached to an aromatic ring is 1. The zero-order chi connectivity index (χ0) is 14.7. The molecule has 0 aliphatic rings. The van der Waals surface area contributed by atoms with Gasteiger partial charge in [-0.15, -0.1) is 0 Å². The standard InChI is InChI=1S/C15H20BrN3O/c1-4-6-13-18-14(15(17)19(13)5-2)11-9-10(16)7-8-12(11)20-3/h7-9H,4-6,17H2,1-3H3. The van der Waals surface area contributed by atoms with Crippen LogP contribution in [0.15, 0.2) is 22.7 Å². The van der Waals surface area contributed by atoms with E-state index in [9.17, 15) is 0 Å². The largest absolute Gasteiger partial charge is 0.496 e. The highest BCUT2D eigenvalue weighted by Crippen LogP contribution is 2.35. The highest BCUT2D eigenvalue weighted by molar-refractivity contribution is 9.10. The molecule has 2 aromatic rings. The van der Waals surface area contributed by atoms with E-state index in [1.165, 1.54) is 0 Å². The molecule has 1 aromatic carbocycles. The van der Waals surface area contributed by atoms with Crippen LogP contribution in [0.2, 0.25) is 0 Å². The van der Waals surface area contributed by atoms with E-state index in [2.05, 4.69) is 34.3 Å². The van der Waals surface area contributed by atoms with Gasteiger partial charge < -0.3 is 15.0 Å². The van der Waals surface area contributed by atoms with Crippen LogP contribution in [0.5, 0.6) is 5.75 Å². The van der Waals surface area contributed by atoms with E-state index in [4.69, 9.17) is 15.5 Å². The number of imidazole rings is 1. The Morgan fingerprint density at radius 2 is 2.10 bits per heavy atom. The Kier molecular flexibility index (Phi) is 4.70. The van der Waals surface area contributed by atoms with Crippen molar-refractivity contribution in [3.05, 3.63) is 28.5 Å². The molecule has 0 atom stereocenters. The van der Waals surface area contributed by atoms with E-state index >= 15 is 0 Å². The lowest BCUT2D eigenvalue weighted by molar-refractivity contribution is 0.416. The molecule has 0 bridgehead atoms. The van der Waals surface area contributed by atoms with Gasteiger partial charge in [0.1, 0.15) is 23.1 Å². The number of ether oxygens (including phenoxy) is 1. The monoisotopic (exact) mass is 337 g/mol. The van der Waals surface area contributed by atoms with Crippen LogP contribution >= 0.6 is 15.9 Å². The Bertz CT molecular complexity index is 607. The number of benzene rings is 1. The first-order valence-corrected chi connectivity index (χ1v) is 7.60. The predicted molar refractivity (Wildman–Crippen MR) is 86.0 cm³/mol. The first-order chi connectivity index (χ1) is 9.62. The van der Waals surface area contributed by atoms with Crippen molar-refractivity contribution >= 4 is 21.7 Å². The van der Waals surface area contributed by atoms with Crippen LogP contribution in [0.3, 0.4) is 0 Å². The summed E-state index contributed by atoms with van der Waals surface area (Å²) in [7, 11) is 1.66. The third-order valence-electron chi connectivity index (χ3n) is 3.29. The summed E-state index contributed by atoms with van der Waals surface area (Å²) < 4.78 is 8.48. The first kappa shape index (κ1) is 14.9. The molecular weight excluding hydrogens is 318 g/mol. The topological polar surface area (TPSA) is 53.1 Å². The molecule has 0 aliphatic carbocycles. The van der Waals surface area contributed by atoms with Gasteiger partial charge in [0.2, 0.25) is 0 Å². The molecule has 0 aliphatic heterocycles. The van der Waals surface area contributed by atoms with Gasteiger partial charge in [0.05, 0.1) is 7.11 Å². The molecule has 0 saturated carbocycles. The fourth-order valence-corrected chi connectivity index (χ4v) is 2.71. The third kappa shape index (κ3) is 2.68. The minimum Gasteiger partial charge on any atom is -0.496 e. The fraction of sp³-hybridized carbons (Fsp3) is 0.400. The minimum atomic E-state index is 0.701. The quantitative estimate of drug-likeness (QED) is 0.900. The van der Waals surface area contributed by atoms with Gasteiger partial charge in [0.15, 0.2) is 0 Å². The summed E-state index contributed by atoms with van der Waals surface area (Å²) in [6, 6.07) is 5.86. The lowest BCUT2D eigenvalue weighted by Gasteiger charge is -2.08. The highest BCUT2D eigenvalue weighted by atomic mass is 79.9. The van der Waals surface area contributed by atoms with Crippen molar-refractivity contribution in [2.75, 3.05) is 12.8 Å². The summed E-state index contributed by atoms with van der Waals surface area (Å²) in [6.07, 6.45) is 1.97. The van der Waals surface area contributed by atoms with Crippen molar-refractivity contribution in [3.8, 4) is 17.0 Å². The van der Waals surface area contributed by atoms with Crippen molar-refractivity contribution < 1.29 is 4.74 Å². The summed E-state index contributed by atoms with van der Waals surface area (Å²) in [6.45, 7) is 5.05. The number of methoxy groups -OCH3 is 1. The van der Waals surface area contributed by atoms with E-state index in [0.29, 0.717) is 5.82 Å².